The maximum absolute atomic E-state index is 12.3. The summed E-state index contributed by atoms with van der Waals surface area (Å²) in [5, 5.41) is 8.24. The van der Waals surface area contributed by atoms with Crippen LogP contribution in [0.5, 0.6) is 0 Å². The van der Waals surface area contributed by atoms with Gasteiger partial charge in [-0.25, -0.2) is 10.9 Å². The van der Waals surface area contributed by atoms with Crippen molar-refractivity contribution in [2.45, 2.75) is 40.5 Å². The highest BCUT2D eigenvalue weighted by atomic mass is 32.1. The Balaban J connectivity index is 1.59. The highest BCUT2D eigenvalue weighted by Crippen LogP contribution is 2.18. The third kappa shape index (κ3) is 5.77. The molecule has 3 heterocycles. The first-order valence-corrected chi connectivity index (χ1v) is 11.5. The first-order valence-electron chi connectivity index (χ1n) is 9.88. The summed E-state index contributed by atoms with van der Waals surface area (Å²) < 4.78 is 5.37. The van der Waals surface area contributed by atoms with E-state index in [-0.39, 0.29) is 11.5 Å². The number of rotatable bonds is 8. The molecule has 3 rings (SSSR count). The molecule has 0 aliphatic carbocycles. The fourth-order valence-corrected chi connectivity index (χ4v) is 4.38. The van der Waals surface area contributed by atoms with Crippen LogP contribution in [0.1, 0.15) is 68.3 Å². The summed E-state index contributed by atoms with van der Waals surface area (Å²) in [6.07, 6.45) is 1.91. The summed E-state index contributed by atoms with van der Waals surface area (Å²) >= 11 is 3.27. The van der Waals surface area contributed by atoms with Crippen molar-refractivity contribution in [1.29, 1.82) is 0 Å². The third-order valence-electron chi connectivity index (χ3n) is 4.44. The van der Waals surface area contributed by atoms with Crippen molar-refractivity contribution in [3.63, 3.8) is 0 Å². The predicted molar refractivity (Wildman–Crippen MR) is 125 cm³/mol. The molecule has 0 spiro atoms. The number of amides is 2. The normalized spacial score (nSPS) is 12.1. The van der Waals surface area contributed by atoms with Gasteiger partial charge in [-0.05, 0) is 63.1 Å². The topological polar surface area (TPSA) is 96.1 Å². The molecule has 3 aromatic rings. The van der Waals surface area contributed by atoms with E-state index in [4.69, 9.17) is 4.42 Å². The quantitative estimate of drug-likeness (QED) is 0.375. The van der Waals surface area contributed by atoms with Crippen LogP contribution in [-0.2, 0) is 12.8 Å². The molecule has 0 aromatic carbocycles. The van der Waals surface area contributed by atoms with Gasteiger partial charge in [0.2, 0.25) is 0 Å². The summed E-state index contributed by atoms with van der Waals surface area (Å²) in [6.45, 7) is 7.82. The van der Waals surface area contributed by atoms with Gasteiger partial charge in [0, 0.05) is 9.75 Å². The Bertz CT molecular complexity index is 1050. The Hall–Kier alpha value is -3.04. The smallest absolute Gasteiger partial charge is 0.307 e. The monoisotopic (exact) mass is 456 g/mol. The number of carbonyl (C=O) groups is 2. The van der Waals surface area contributed by atoms with Crippen molar-refractivity contribution < 1.29 is 14.0 Å². The molecule has 0 fully saturated rings. The maximum Gasteiger partial charge on any atom is 0.307 e. The molecule has 31 heavy (non-hydrogen) atoms. The van der Waals surface area contributed by atoms with Crippen LogP contribution >= 0.6 is 22.7 Å². The number of aryl methyl sites for hydroxylation is 2. The van der Waals surface area contributed by atoms with E-state index in [1.165, 1.54) is 21.9 Å². The molecule has 2 amide bonds. The average Bonchev–Trinajstić information content (AvgIpc) is 3.55. The number of hydrogen-bond donors (Lipinski definition) is 2. The lowest BCUT2D eigenvalue weighted by Gasteiger charge is -2.00. The molecule has 9 heteroatoms. The lowest BCUT2D eigenvalue weighted by atomic mass is 10.3. The molecule has 0 unspecified atom stereocenters. The number of hydrogen-bond acceptors (Lipinski definition) is 7. The van der Waals surface area contributed by atoms with Gasteiger partial charge in [0.1, 0.15) is 0 Å². The summed E-state index contributed by atoms with van der Waals surface area (Å²) in [5.41, 5.74) is 6.32. The van der Waals surface area contributed by atoms with E-state index in [2.05, 4.69) is 34.9 Å². The van der Waals surface area contributed by atoms with Crippen LogP contribution in [0.15, 0.2) is 51.0 Å². The highest BCUT2D eigenvalue weighted by Gasteiger charge is 2.16. The number of furan rings is 1. The Kier molecular flexibility index (Phi) is 7.54. The van der Waals surface area contributed by atoms with E-state index in [0.717, 1.165) is 22.6 Å². The van der Waals surface area contributed by atoms with Gasteiger partial charge in [0.25, 0.3) is 0 Å². The number of thiophene rings is 2. The second-order valence-corrected chi connectivity index (χ2v) is 9.02. The Morgan fingerprint density at radius 3 is 1.55 bits per heavy atom. The fourth-order valence-electron chi connectivity index (χ4n) is 2.60. The van der Waals surface area contributed by atoms with E-state index in [1.54, 1.807) is 22.7 Å². The van der Waals surface area contributed by atoms with Crippen molar-refractivity contribution in [1.82, 2.24) is 10.9 Å². The molecular weight excluding hydrogens is 432 g/mol. The van der Waals surface area contributed by atoms with Crippen LogP contribution in [0.2, 0.25) is 0 Å². The van der Waals surface area contributed by atoms with Gasteiger partial charge in [0.15, 0.2) is 11.5 Å². The molecule has 162 valence electrons. The highest BCUT2D eigenvalue weighted by molar-refractivity contribution is 7.14. The van der Waals surface area contributed by atoms with Gasteiger partial charge >= 0.3 is 11.8 Å². The van der Waals surface area contributed by atoms with Gasteiger partial charge in [-0.2, -0.15) is 10.2 Å². The Labute approximate surface area is 188 Å². The lowest BCUT2D eigenvalue weighted by molar-refractivity contribution is 0.0902. The molecule has 0 aliphatic rings. The van der Waals surface area contributed by atoms with Crippen LogP contribution in [0.25, 0.3) is 0 Å². The van der Waals surface area contributed by atoms with Crippen LogP contribution in [0, 0.1) is 0 Å². The zero-order valence-corrected chi connectivity index (χ0v) is 19.4. The van der Waals surface area contributed by atoms with E-state index in [1.807, 2.05) is 38.1 Å². The van der Waals surface area contributed by atoms with E-state index in [9.17, 15) is 9.59 Å². The molecule has 0 bridgehead atoms. The van der Waals surface area contributed by atoms with Crippen LogP contribution in [0.4, 0.5) is 0 Å². The minimum Gasteiger partial charge on any atom is -0.446 e. The van der Waals surface area contributed by atoms with Gasteiger partial charge in [-0.3, -0.25) is 9.59 Å². The SMILES string of the molecule is CCc1ccc(/C(C)=N/NC(=O)c2ccc(C(=O)N/N=C(\C)c3ccc(CC)s3)o2)s1. The summed E-state index contributed by atoms with van der Waals surface area (Å²) in [7, 11) is 0. The van der Waals surface area contributed by atoms with Crippen molar-refractivity contribution >= 4 is 45.9 Å². The van der Waals surface area contributed by atoms with Crippen molar-refractivity contribution in [3.8, 4) is 0 Å². The molecule has 0 aliphatic heterocycles. The summed E-state index contributed by atoms with van der Waals surface area (Å²) in [6, 6.07) is 10.9. The molecule has 0 atom stereocenters. The summed E-state index contributed by atoms with van der Waals surface area (Å²) in [5.74, 6) is -1.07. The second-order valence-electron chi connectivity index (χ2n) is 6.68. The fraction of sp³-hybridized carbons (Fsp3) is 0.273. The van der Waals surface area contributed by atoms with E-state index < -0.39 is 11.8 Å². The second kappa shape index (κ2) is 10.3. The van der Waals surface area contributed by atoms with Gasteiger partial charge in [-0.15, -0.1) is 22.7 Å². The Morgan fingerprint density at radius 2 is 1.19 bits per heavy atom. The van der Waals surface area contributed by atoms with Gasteiger partial charge < -0.3 is 4.42 Å². The van der Waals surface area contributed by atoms with E-state index in [0.29, 0.717) is 11.4 Å². The first kappa shape index (κ1) is 22.6. The van der Waals surface area contributed by atoms with Gasteiger partial charge in [0.05, 0.1) is 21.2 Å². The zero-order valence-electron chi connectivity index (χ0n) is 17.8. The number of hydrazone groups is 2. The Morgan fingerprint density at radius 1 is 0.774 bits per heavy atom. The van der Waals surface area contributed by atoms with Crippen molar-refractivity contribution in [3.05, 3.63) is 67.4 Å². The zero-order chi connectivity index (χ0) is 22.4. The molecule has 0 saturated heterocycles. The molecule has 0 saturated carbocycles. The van der Waals surface area contributed by atoms with Gasteiger partial charge in [-0.1, -0.05) is 13.8 Å². The molecule has 2 N–H and O–H groups in total. The first-order chi connectivity index (χ1) is 14.9. The summed E-state index contributed by atoms with van der Waals surface area (Å²) in [4.78, 5) is 29.1. The molecule has 3 aromatic heterocycles. The van der Waals surface area contributed by atoms with Crippen LogP contribution in [-0.4, -0.2) is 23.2 Å². The largest absolute Gasteiger partial charge is 0.446 e. The minimum atomic E-state index is -0.531. The van der Waals surface area contributed by atoms with Crippen molar-refractivity contribution in [2.24, 2.45) is 10.2 Å². The molecule has 0 radical (unpaired) electrons. The molecule has 7 nitrogen and oxygen atoms in total. The predicted octanol–water partition coefficient (Wildman–Crippen LogP) is 4.84. The van der Waals surface area contributed by atoms with Crippen molar-refractivity contribution in [2.75, 3.05) is 0 Å². The van der Waals surface area contributed by atoms with Crippen LogP contribution in [0.3, 0.4) is 0 Å². The standard InChI is InChI=1S/C22H24N4O3S2/c1-5-15-7-11-19(30-15)13(3)23-25-21(27)17-9-10-18(29-17)22(28)26-24-14(4)20-12-8-16(6-2)31-20/h7-12H,5-6H2,1-4H3,(H,25,27)(H,26,28)/b23-13+,24-14+. The number of nitrogens with zero attached hydrogens (tertiary/aromatic N) is 2. The molecular formula is C22H24N4O3S2. The number of nitrogens with one attached hydrogen (secondary N) is 2. The third-order valence-corrected chi connectivity index (χ3v) is 7.11. The number of carbonyl (C=O) groups excluding carboxylic acids is 2. The maximum atomic E-state index is 12.3. The lowest BCUT2D eigenvalue weighted by Crippen LogP contribution is -2.20. The van der Waals surface area contributed by atoms with Crippen LogP contribution < -0.4 is 10.9 Å². The minimum absolute atomic E-state index is 0.00586. The van der Waals surface area contributed by atoms with E-state index >= 15 is 0 Å². The average molecular weight is 457 g/mol.